The third kappa shape index (κ3) is 9.02. The number of ether oxygens (including phenoxy) is 5. The van der Waals surface area contributed by atoms with Gasteiger partial charge in [-0.25, -0.2) is 4.98 Å². The fraction of sp³-hybridized carbons (Fsp3) is 0.552. The fourth-order valence-corrected chi connectivity index (χ4v) is 5.65. The van der Waals surface area contributed by atoms with Crippen molar-refractivity contribution in [2.45, 2.75) is 76.2 Å². The number of amides is 2. The summed E-state index contributed by atoms with van der Waals surface area (Å²) >= 11 is 1.26. The van der Waals surface area contributed by atoms with Gasteiger partial charge in [0.15, 0.2) is 30.6 Å². The Morgan fingerprint density at radius 1 is 1.02 bits per heavy atom. The molecule has 1 aromatic heterocycles. The molecule has 2 amide bonds. The van der Waals surface area contributed by atoms with Gasteiger partial charge in [0.2, 0.25) is 0 Å². The number of piperidine rings is 1. The van der Waals surface area contributed by atoms with Gasteiger partial charge in [0.25, 0.3) is 11.8 Å². The van der Waals surface area contributed by atoms with E-state index in [1.807, 2.05) is 0 Å². The first-order valence-electron chi connectivity index (χ1n) is 14.1. The molecule has 0 saturated carbocycles. The molecule has 15 heteroatoms. The van der Waals surface area contributed by atoms with Crippen LogP contribution in [0.5, 0.6) is 0 Å². The maximum Gasteiger partial charge on any atom is 0.309 e. The van der Waals surface area contributed by atoms with Gasteiger partial charge >= 0.3 is 23.9 Å². The molecule has 2 aliphatic heterocycles. The normalized spacial score (nSPS) is 23.5. The van der Waals surface area contributed by atoms with E-state index in [-0.39, 0.29) is 31.2 Å². The summed E-state index contributed by atoms with van der Waals surface area (Å²) in [4.78, 5) is 81.8. The Hall–Kier alpha value is -3.98. The molecule has 44 heavy (non-hydrogen) atoms. The highest BCUT2D eigenvalue weighted by Gasteiger charge is 2.55. The van der Waals surface area contributed by atoms with E-state index in [1.54, 1.807) is 19.1 Å². The van der Waals surface area contributed by atoms with E-state index >= 15 is 0 Å². The summed E-state index contributed by atoms with van der Waals surface area (Å²) in [7, 11) is 0. The number of carbonyl (C=O) groups excluding carboxylic acids is 6. The first kappa shape index (κ1) is 34.5. The molecule has 3 rings (SSSR count). The topological polar surface area (TPSA) is 177 Å². The van der Waals surface area contributed by atoms with E-state index in [2.05, 4.69) is 16.9 Å². The molecule has 1 N–H and O–H groups in total. The van der Waals surface area contributed by atoms with Crippen LogP contribution in [0.3, 0.4) is 0 Å². The Kier molecular flexibility index (Phi) is 12.7. The molecule has 0 radical (unpaired) electrons. The maximum atomic E-state index is 13.9. The van der Waals surface area contributed by atoms with Crippen molar-refractivity contribution in [3.8, 4) is 0 Å². The zero-order valence-corrected chi connectivity index (χ0v) is 25.8. The summed E-state index contributed by atoms with van der Waals surface area (Å²) in [5.41, 5.74) is 0.166. The third-order valence-electron chi connectivity index (χ3n) is 6.74. The molecule has 1 aromatic rings. The maximum absolute atomic E-state index is 13.9. The second kappa shape index (κ2) is 16.2. The number of rotatable bonds is 11. The Morgan fingerprint density at radius 3 is 2.23 bits per heavy atom. The van der Waals surface area contributed by atoms with Gasteiger partial charge in [-0.1, -0.05) is 6.08 Å². The Balaban J connectivity index is 1.97. The molecule has 3 heterocycles. The van der Waals surface area contributed by atoms with E-state index in [0.29, 0.717) is 23.6 Å². The third-order valence-corrected chi connectivity index (χ3v) is 7.74. The average Bonchev–Trinajstić information content (AvgIpc) is 2.98. The van der Waals surface area contributed by atoms with Crippen molar-refractivity contribution in [2.75, 3.05) is 25.4 Å². The molecule has 0 aliphatic carbocycles. The zero-order chi connectivity index (χ0) is 32.4. The van der Waals surface area contributed by atoms with Gasteiger partial charge in [-0.05, 0) is 31.9 Å². The number of nitrogens with zero attached hydrogens (tertiary/aromatic N) is 2. The summed E-state index contributed by atoms with van der Waals surface area (Å²) in [6.07, 6.45) is -3.88. The van der Waals surface area contributed by atoms with E-state index in [4.69, 9.17) is 23.7 Å². The minimum Gasteiger partial charge on any atom is -0.466 e. The first-order valence-corrected chi connectivity index (χ1v) is 15.1. The summed E-state index contributed by atoms with van der Waals surface area (Å²) < 4.78 is 27.5. The second-order valence-electron chi connectivity index (χ2n) is 9.98. The number of esters is 4. The molecule has 5 atom stereocenters. The van der Waals surface area contributed by atoms with Crippen LogP contribution >= 0.6 is 11.8 Å². The Bertz CT molecular complexity index is 1250. The number of likely N-dealkylation sites (tertiary alicyclic amines) is 1. The predicted octanol–water partition coefficient (Wildman–Crippen LogP) is 1.41. The van der Waals surface area contributed by atoms with Crippen molar-refractivity contribution < 1.29 is 52.5 Å². The first-order chi connectivity index (χ1) is 21.0. The number of nitrogens with one attached hydrogen (secondary N) is 1. The van der Waals surface area contributed by atoms with Crippen molar-refractivity contribution in [1.82, 2.24) is 15.2 Å². The smallest absolute Gasteiger partial charge is 0.309 e. The summed E-state index contributed by atoms with van der Waals surface area (Å²) in [5, 5.41) is 3.01. The van der Waals surface area contributed by atoms with Crippen molar-refractivity contribution in [2.24, 2.45) is 5.92 Å². The van der Waals surface area contributed by atoms with Crippen LogP contribution in [0.15, 0.2) is 36.0 Å². The van der Waals surface area contributed by atoms with Crippen molar-refractivity contribution in [1.29, 1.82) is 0 Å². The van der Waals surface area contributed by atoms with Gasteiger partial charge in [-0.3, -0.25) is 28.8 Å². The van der Waals surface area contributed by atoms with Gasteiger partial charge in [-0.15, -0.1) is 18.3 Å². The minimum absolute atomic E-state index is 0.164. The summed E-state index contributed by atoms with van der Waals surface area (Å²) in [5.74, 6) is -4.06. The molecule has 2 saturated heterocycles. The molecule has 14 nitrogen and oxygen atoms in total. The van der Waals surface area contributed by atoms with Crippen LogP contribution < -0.4 is 5.32 Å². The molecule has 240 valence electrons. The molecular formula is C29H37N3O11S. The van der Waals surface area contributed by atoms with Gasteiger partial charge < -0.3 is 33.9 Å². The number of hydrogen-bond acceptors (Lipinski definition) is 13. The molecule has 0 aromatic carbocycles. The van der Waals surface area contributed by atoms with E-state index in [9.17, 15) is 28.8 Å². The SMILES string of the molecule is C=CCSc1ncccc1C(=O)NC1OC(C(=O)N2CCC(C(=O)OCC)CC2)C(OC(C)=O)C(OC(C)=O)C1OC(C)=O. The lowest BCUT2D eigenvalue weighted by Crippen LogP contribution is -2.68. The van der Waals surface area contributed by atoms with Crippen molar-refractivity contribution >= 4 is 47.5 Å². The Labute approximate surface area is 259 Å². The van der Waals surface area contributed by atoms with Crippen LogP contribution in [0.2, 0.25) is 0 Å². The monoisotopic (exact) mass is 635 g/mol. The molecule has 5 unspecified atom stereocenters. The van der Waals surface area contributed by atoms with Crippen LogP contribution in [-0.4, -0.2) is 102 Å². The van der Waals surface area contributed by atoms with Crippen LogP contribution in [0.4, 0.5) is 0 Å². The molecule has 0 bridgehead atoms. The number of carbonyl (C=O) groups is 6. The average molecular weight is 636 g/mol. The van der Waals surface area contributed by atoms with E-state index in [0.717, 1.165) is 20.8 Å². The van der Waals surface area contributed by atoms with Crippen molar-refractivity contribution in [3.63, 3.8) is 0 Å². The Morgan fingerprint density at radius 2 is 1.64 bits per heavy atom. The lowest BCUT2D eigenvalue weighted by atomic mass is 9.93. The van der Waals surface area contributed by atoms with Crippen LogP contribution in [0.25, 0.3) is 0 Å². The highest BCUT2D eigenvalue weighted by molar-refractivity contribution is 7.99. The quantitative estimate of drug-likeness (QED) is 0.160. The lowest BCUT2D eigenvalue weighted by molar-refractivity contribution is -0.249. The molecule has 2 aliphatic rings. The van der Waals surface area contributed by atoms with Crippen LogP contribution in [0.1, 0.15) is 50.9 Å². The summed E-state index contributed by atoms with van der Waals surface area (Å²) in [6.45, 7) is 9.23. The van der Waals surface area contributed by atoms with Gasteiger partial charge in [0.1, 0.15) is 5.03 Å². The van der Waals surface area contributed by atoms with Gasteiger partial charge in [0, 0.05) is 45.8 Å². The predicted molar refractivity (Wildman–Crippen MR) is 154 cm³/mol. The van der Waals surface area contributed by atoms with Gasteiger partial charge in [0.05, 0.1) is 18.1 Å². The van der Waals surface area contributed by atoms with Crippen LogP contribution in [-0.2, 0) is 47.7 Å². The van der Waals surface area contributed by atoms with E-state index in [1.165, 1.54) is 28.9 Å². The second-order valence-corrected chi connectivity index (χ2v) is 11.0. The largest absolute Gasteiger partial charge is 0.466 e. The molecule has 2 fully saturated rings. The van der Waals surface area contributed by atoms with Crippen LogP contribution in [0, 0.1) is 5.92 Å². The fourth-order valence-electron chi connectivity index (χ4n) is 4.93. The molecular weight excluding hydrogens is 598 g/mol. The lowest BCUT2D eigenvalue weighted by Gasteiger charge is -2.45. The van der Waals surface area contributed by atoms with Crippen molar-refractivity contribution in [3.05, 3.63) is 36.5 Å². The number of thioether (sulfide) groups is 1. The standard InChI is InChI=1S/C29H37N3O11S/c1-6-15-44-27-20(9-8-12-30-27)25(36)31-26-23(42-18(5)35)21(40-16(3)33)22(41-17(4)34)24(43-26)28(37)32-13-10-19(11-14-32)29(38)39-7-2/h6,8-9,12,19,21-24,26H,1,7,10-11,13-15H2,2-5H3,(H,31,36). The van der Waals surface area contributed by atoms with E-state index < -0.39 is 66.3 Å². The number of aromatic nitrogens is 1. The zero-order valence-electron chi connectivity index (χ0n) is 25.0. The van der Waals surface area contributed by atoms with Gasteiger partial charge in [-0.2, -0.15) is 0 Å². The number of pyridine rings is 1. The minimum atomic E-state index is -1.58. The number of hydrogen-bond donors (Lipinski definition) is 1. The highest BCUT2D eigenvalue weighted by atomic mass is 32.2. The highest BCUT2D eigenvalue weighted by Crippen LogP contribution is 2.31. The summed E-state index contributed by atoms with van der Waals surface area (Å²) in [6, 6.07) is 3.09. The molecule has 0 spiro atoms.